The molecule has 3 rings (SSSR count). The average molecular weight is 285 g/mol. The van der Waals surface area contributed by atoms with Gasteiger partial charge in [-0.25, -0.2) is 0 Å². The number of benzene rings is 1. The van der Waals surface area contributed by atoms with E-state index >= 15 is 0 Å². The van der Waals surface area contributed by atoms with Gasteiger partial charge in [-0.05, 0) is 29.2 Å². The molecule has 0 bridgehead atoms. The average Bonchev–Trinajstić information content (AvgIpc) is 2.85. The summed E-state index contributed by atoms with van der Waals surface area (Å²) in [6.07, 6.45) is -2.77. The molecule has 5 heteroatoms. The Bertz CT molecular complexity index is 513. The molecule has 0 aromatic heterocycles. The predicted octanol–water partition coefficient (Wildman–Crippen LogP) is 3.24. The van der Waals surface area contributed by atoms with E-state index < -0.39 is 11.7 Å². The first-order chi connectivity index (χ1) is 9.50. The van der Waals surface area contributed by atoms with Gasteiger partial charge in [0.25, 0.3) is 0 Å². The van der Waals surface area contributed by atoms with E-state index in [1.54, 1.807) is 0 Å². The highest BCUT2D eigenvalue weighted by Gasteiger charge is 2.41. The maximum Gasteiger partial charge on any atom is 0.416 e. The quantitative estimate of drug-likeness (QED) is 0.900. The highest BCUT2D eigenvalue weighted by Crippen LogP contribution is 2.41. The number of hydrogen-bond acceptors (Lipinski definition) is 2. The molecule has 1 aromatic rings. The molecule has 2 unspecified atom stereocenters. The maximum atomic E-state index is 13.3. The van der Waals surface area contributed by atoms with E-state index in [-0.39, 0.29) is 18.6 Å². The van der Waals surface area contributed by atoms with E-state index in [0.29, 0.717) is 18.5 Å². The van der Waals surface area contributed by atoms with Gasteiger partial charge in [0.05, 0.1) is 18.3 Å². The van der Waals surface area contributed by atoms with E-state index in [1.807, 2.05) is 13.0 Å². The highest BCUT2D eigenvalue weighted by molar-refractivity contribution is 5.45. The van der Waals surface area contributed by atoms with Crippen LogP contribution in [0.3, 0.4) is 0 Å². The summed E-state index contributed by atoms with van der Waals surface area (Å²) in [7, 11) is 0. The summed E-state index contributed by atoms with van der Waals surface area (Å²) in [5.41, 5.74) is 1.45. The lowest BCUT2D eigenvalue weighted by Gasteiger charge is -2.30. The van der Waals surface area contributed by atoms with Crippen molar-refractivity contribution in [2.75, 3.05) is 13.1 Å². The third-order valence-electron chi connectivity index (χ3n) is 4.19. The minimum atomic E-state index is -4.31. The smallest absolute Gasteiger partial charge is 0.372 e. The first kappa shape index (κ1) is 13.9. The van der Waals surface area contributed by atoms with E-state index in [1.165, 1.54) is 6.07 Å². The van der Waals surface area contributed by atoms with Crippen molar-refractivity contribution in [3.8, 4) is 0 Å². The van der Waals surface area contributed by atoms with Crippen molar-refractivity contribution >= 4 is 0 Å². The monoisotopic (exact) mass is 285 g/mol. The Morgan fingerprint density at radius 3 is 2.80 bits per heavy atom. The zero-order chi connectivity index (χ0) is 14.3. The van der Waals surface area contributed by atoms with Gasteiger partial charge >= 0.3 is 6.18 Å². The number of nitrogens with one attached hydrogen (secondary N) is 1. The molecule has 0 aliphatic carbocycles. The van der Waals surface area contributed by atoms with Crippen molar-refractivity contribution in [1.82, 2.24) is 5.32 Å². The van der Waals surface area contributed by atoms with Gasteiger partial charge < -0.3 is 10.1 Å². The highest BCUT2D eigenvalue weighted by atomic mass is 19.4. The Morgan fingerprint density at radius 2 is 2.10 bits per heavy atom. The molecular formula is C15H18F3NO. The summed E-state index contributed by atoms with van der Waals surface area (Å²) < 4.78 is 45.4. The molecule has 0 saturated carbocycles. The van der Waals surface area contributed by atoms with Crippen LogP contribution in [-0.4, -0.2) is 19.2 Å². The van der Waals surface area contributed by atoms with E-state index in [0.717, 1.165) is 24.1 Å². The van der Waals surface area contributed by atoms with Gasteiger partial charge in [-0.15, -0.1) is 0 Å². The number of ether oxygens (including phenoxy) is 1. The minimum Gasteiger partial charge on any atom is -0.372 e. The Kier molecular flexibility index (Phi) is 3.50. The fraction of sp³-hybridized carbons (Fsp3) is 0.600. The molecule has 2 atom stereocenters. The molecule has 2 aliphatic rings. The van der Waals surface area contributed by atoms with Crippen LogP contribution in [0.5, 0.6) is 0 Å². The molecule has 1 fully saturated rings. The van der Waals surface area contributed by atoms with Gasteiger partial charge in [0.15, 0.2) is 0 Å². The third kappa shape index (κ3) is 2.33. The van der Waals surface area contributed by atoms with Crippen molar-refractivity contribution < 1.29 is 17.9 Å². The first-order valence-electron chi connectivity index (χ1n) is 7.06. The van der Waals surface area contributed by atoms with Crippen molar-refractivity contribution in [3.63, 3.8) is 0 Å². The number of hydrogen-bond donors (Lipinski definition) is 1. The lowest BCUT2D eigenvalue weighted by Crippen LogP contribution is -2.29. The van der Waals surface area contributed by atoms with E-state index in [9.17, 15) is 13.2 Å². The number of fused-ring (bicyclic) bond motifs is 3. The first-order valence-corrected chi connectivity index (χ1v) is 7.06. The van der Waals surface area contributed by atoms with Crippen molar-refractivity contribution in [1.29, 1.82) is 0 Å². The van der Waals surface area contributed by atoms with Crippen LogP contribution in [0.15, 0.2) is 12.1 Å². The van der Waals surface area contributed by atoms with Crippen LogP contribution in [0.4, 0.5) is 13.2 Å². The number of alkyl halides is 3. The number of halogens is 3. The van der Waals surface area contributed by atoms with Crippen molar-refractivity contribution in [3.05, 3.63) is 34.4 Å². The Morgan fingerprint density at radius 1 is 1.30 bits per heavy atom. The normalized spacial score (nSPS) is 25.4. The second-order valence-corrected chi connectivity index (χ2v) is 5.57. The second kappa shape index (κ2) is 5.04. The van der Waals surface area contributed by atoms with Crippen molar-refractivity contribution in [2.45, 2.75) is 44.6 Å². The molecule has 1 aromatic carbocycles. The van der Waals surface area contributed by atoms with Crippen LogP contribution in [-0.2, 0) is 23.9 Å². The largest absolute Gasteiger partial charge is 0.416 e. The summed E-state index contributed by atoms with van der Waals surface area (Å²) in [5.74, 6) is 0.0525. The van der Waals surface area contributed by atoms with Gasteiger partial charge in [0.1, 0.15) is 0 Å². The van der Waals surface area contributed by atoms with Crippen LogP contribution in [0.1, 0.15) is 41.5 Å². The maximum absolute atomic E-state index is 13.3. The SMILES string of the molecule is CCCc1cc2c(c(C(F)(F)F)c1)COC1CNCC21. The van der Waals surface area contributed by atoms with Crippen LogP contribution in [0.25, 0.3) is 0 Å². The molecular weight excluding hydrogens is 267 g/mol. The molecule has 1 saturated heterocycles. The molecule has 20 heavy (non-hydrogen) atoms. The predicted molar refractivity (Wildman–Crippen MR) is 69.6 cm³/mol. The summed E-state index contributed by atoms with van der Waals surface area (Å²) in [6.45, 7) is 3.48. The van der Waals surface area contributed by atoms with Gasteiger partial charge in [-0.3, -0.25) is 0 Å². The third-order valence-corrected chi connectivity index (χ3v) is 4.19. The Hall–Kier alpha value is -1.07. The van der Waals surface area contributed by atoms with Crippen LogP contribution in [0.2, 0.25) is 0 Å². The van der Waals surface area contributed by atoms with Gasteiger partial charge in [-0.1, -0.05) is 19.4 Å². The van der Waals surface area contributed by atoms with E-state index in [4.69, 9.17) is 4.74 Å². The number of rotatable bonds is 2. The fourth-order valence-corrected chi connectivity index (χ4v) is 3.26. The van der Waals surface area contributed by atoms with Gasteiger partial charge in [0.2, 0.25) is 0 Å². The zero-order valence-electron chi connectivity index (χ0n) is 11.4. The molecule has 0 radical (unpaired) electrons. The molecule has 110 valence electrons. The second-order valence-electron chi connectivity index (χ2n) is 5.57. The molecule has 1 N–H and O–H groups in total. The molecule has 2 nitrogen and oxygen atoms in total. The molecule has 0 spiro atoms. The molecule has 0 amide bonds. The van der Waals surface area contributed by atoms with Crippen LogP contribution in [0, 0.1) is 0 Å². The van der Waals surface area contributed by atoms with Crippen molar-refractivity contribution in [2.24, 2.45) is 0 Å². The van der Waals surface area contributed by atoms with E-state index in [2.05, 4.69) is 5.32 Å². The van der Waals surface area contributed by atoms with Gasteiger partial charge in [-0.2, -0.15) is 13.2 Å². The summed E-state index contributed by atoms with van der Waals surface area (Å²) in [6, 6.07) is 3.26. The molecule has 2 heterocycles. The topological polar surface area (TPSA) is 21.3 Å². The standard InChI is InChI=1S/C15H18F3NO/c1-2-3-9-4-10-11-6-19-7-14(11)20-8-12(10)13(5-9)15(16,17)18/h4-5,11,14,19H,2-3,6-8H2,1H3. The van der Waals surface area contributed by atoms with Crippen LogP contribution < -0.4 is 5.32 Å². The fourth-order valence-electron chi connectivity index (χ4n) is 3.26. The summed E-state index contributed by atoms with van der Waals surface area (Å²) >= 11 is 0. The molecule has 2 aliphatic heterocycles. The van der Waals surface area contributed by atoms with Gasteiger partial charge in [0, 0.05) is 19.0 Å². The summed E-state index contributed by atoms with van der Waals surface area (Å²) in [4.78, 5) is 0. The number of aryl methyl sites for hydroxylation is 1. The van der Waals surface area contributed by atoms with Crippen LogP contribution >= 0.6 is 0 Å². The minimum absolute atomic E-state index is 0.0143. The lowest BCUT2D eigenvalue weighted by atomic mass is 9.85. The zero-order valence-corrected chi connectivity index (χ0v) is 11.4. The Labute approximate surface area is 116 Å². The summed E-state index contributed by atoms with van der Waals surface area (Å²) in [5, 5.41) is 3.21. The Balaban J connectivity index is 2.12. The lowest BCUT2D eigenvalue weighted by molar-refractivity contribution is -0.139.